The summed E-state index contributed by atoms with van der Waals surface area (Å²) in [7, 11) is 3.42. The fraction of sp³-hybridized carbons (Fsp3) is 0.304. The van der Waals surface area contributed by atoms with Gasteiger partial charge in [0.05, 0.1) is 17.8 Å². The van der Waals surface area contributed by atoms with Crippen LogP contribution in [-0.4, -0.2) is 31.6 Å². The number of ether oxygens (including phenoxy) is 2. The Bertz CT molecular complexity index is 963. The highest BCUT2D eigenvalue weighted by Gasteiger charge is 2.07. The monoisotopic (exact) mass is 552 g/mol. The molecule has 2 aromatic carbocycles. The van der Waals surface area contributed by atoms with Gasteiger partial charge in [-0.15, -0.1) is 35.3 Å². The maximum Gasteiger partial charge on any atom is 0.191 e. The van der Waals surface area contributed by atoms with E-state index < -0.39 is 0 Å². The van der Waals surface area contributed by atoms with Crippen molar-refractivity contribution in [2.45, 2.75) is 26.5 Å². The first-order chi connectivity index (χ1) is 14.7. The smallest absolute Gasteiger partial charge is 0.191 e. The quantitative estimate of drug-likeness (QED) is 0.232. The molecule has 0 unspecified atom stereocenters. The molecule has 8 heteroatoms. The SMILES string of the molecule is CN=C(NCCc1csc(C)n1)NCc1ccc(OCc2ccccc2)c(OC)c1.I. The lowest BCUT2D eigenvalue weighted by Crippen LogP contribution is -2.37. The van der Waals surface area contributed by atoms with Gasteiger partial charge in [-0.3, -0.25) is 4.99 Å². The van der Waals surface area contributed by atoms with E-state index in [0.717, 1.165) is 46.5 Å². The van der Waals surface area contributed by atoms with Crippen LogP contribution < -0.4 is 20.1 Å². The second-order valence-electron chi connectivity index (χ2n) is 6.72. The van der Waals surface area contributed by atoms with Crippen LogP contribution in [0.25, 0.3) is 0 Å². The summed E-state index contributed by atoms with van der Waals surface area (Å²) in [6.07, 6.45) is 0.867. The third kappa shape index (κ3) is 8.02. The summed E-state index contributed by atoms with van der Waals surface area (Å²) in [4.78, 5) is 8.76. The van der Waals surface area contributed by atoms with Gasteiger partial charge in [-0.2, -0.15) is 0 Å². The molecular formula is C23H29IN4O2S. The average Bonchev–Trinajstić information content (AvgIpc) is 3.20. The lowest BCUT2D eigenvalue weighted by molar-refractivity contribution is 0.284. The number of hydrogen-bond acceptors (Lipinski definition) is 5. The molecule has 1 aromatic heterocycles. The van der Waals surface area contributed by atoms with Crippen molar-refractivity contribution < 1.29 is 9.47 Å². The van der Waals surface area contributed by atoms with Crippen molar-refractivity contribution in [3.05, 3.63) is 75.7 Å². The summed E-state index contributed by atoms with van der Waals surface area (Å²) in [6, 6.07) is 16.0. The Morgan fingerprint density at radius 2 is 1.87 bits per heavy atom. The van der Waals surface area contributed by atoms with Crippen LogP contribution in [0, 0.1) is 6.92 Å². The van der Waals surface area contributed by atoms with E-state index in [1.165, 1.54) is 0 Å². The minimum Gasteiger partial charge on any atom is -0.493 e. The highest BCUT2D eigenvalue weighted by molar-refractivity contribution is 14.0. The molecule has 3 rings (SSSR count). The first kappa shape index (κ1) is 24.9. The highest BCUT2D eigenvalue weighted by Crippen LogP contribution is 2.28. The zero-order valence-corrected chi connectivity index (χ0v) is 21.2. The third-order valence-electron chi connectivity index (χ3n) is 4.49. The molecule has 0 bridgehead atoms. The van der Waals surface area contributed by atoms with E-state index in [1.807, 2.05) is 55.5 Å². The van der Waals surface area contributed by atoms with E-state index in [9.17, 15) is 0 Å². The molecule has 2 N–H and O–H groups in total. The highest BCUT2D eigenvalue weighted by atomic mass is 127. The van der Waals surface area contributed by atoms with Crippen LogP contribution in [0.15, 0.2) is 58.9 Å². The molecule has 0 spiro atoms. The van der Waals surface area contributed by atoms with Gasteiger partial charge in [-0.05, 0) is 30.2 Å². The minimum absolute atomic E-state index is 0. The first-order valence-corrected chi connectivity index (χ1v) is 10.7. The zero-order valence-electron chi connectivity index (χ0n) is 18.1. The standard InChI is InChI=1S/C23H28N4O2S.HI/c1-17-27-20(16-30-17)11-12-25-23(24-2)26-14-19-9-10-21(22(13-19)28-3)29-15-18-7-5-4-6-8-18;/h4-10,13,16H,11-12,14-15H2,1-3H3,(H2,24,25,26);1H. The molecule has 0 saturated carbocycles. The van der Waals surface area contributed by atoms with Crippen molar-refractivity contribution in [1.29, 1.82) is 0 Å². The number of benzene rings is 2. The Labute approximate surface area is 205 Å². The van der Waals surface area contributed by atoms with Crippen LogP contribution in [0.2, 0.25) is 0 Å². The number of aromatic nitrogens is 1. The average molecular weight is 552 g/mol. The van der Waals surface area contributed by atoms with Crippen LogP contribution in [0.5, 0.6) is 11.5 Å². The van der Waals surface area contributed by atoms with E-state index >= 15 is 0 Å². The molecule has 166 valence electrons. The van der Waals surface area contributed by atoms with Gasteiger partial charge in [0.25, 0.3) is 0 Å². The van der Waals surface area contributed by atoms with Gasteiger partial charge in [-0.25, -0.2) is 4.98 Å². The van der Waals surface area contributed by atoms with Crippen LogP contribution in [0.3, 0.4) is 0 Å². The molecule has 0 aliphatic rings. The first-order valence-electron chi connectivity index (χ1n) is 9.87. The van der Waals surface area contributed by atoms with E-state index in [4.69, 9.17) is 9.47 Å². The number of aliphatic imine (C=N–C) groups is 1. The number of halogens is 1. The van der Waals surface area contributed by atoms with Gasteiger partial charge in [0, 0.05) is 31.9 Å². The minimum atomic E-state index is 0. The fourth-order valence-corrected chi connectivity index (χ4v) is 3.56. The van der Waals surface area contributed by atoms with Crippen molar-refractivity contribution >= 4 is 41.3 Å². The predicted molar refractivity (Wildman–Crippen MR) is 138 cm³/mol. The number of thiazole rings is 1. The number of guanidine groups is 1. The van der Waals surface area contributed by atoms with Crippen molar-refractivity contribution in [3.8, 4) is 11.5 Å². The van der Waals surface area contributed by atoms with E-state index in [0.29, 0.717) is 18.9 Å². The number of methoxy groups -OCH3 is 1. The second kappa shape index (κ2) is 13.2. The molecule has 0 saturated heterocycles. The van der Waals surface area contributed by atoms with Crippen LogP contribution in [0.4, 0.5) is 0 Å². The number of aryl methyl sites for hydroxylation is 1. The summed E-state index contributed by atoms with van der Waals surface area (Å²) in [6.45, 7) is 3.93. The van der Waals surface area contributed by atoms with Crippen LogP contribution in [0.1, 0.15) is 21.8 Å². The predicted octanol–water partition coefficient (Wildman–Crippen LogP) is 4.56. The fourth-order valence-electron chi connectivity index (χ4n) is 2.91. The van der Waals surface area contributed by atoms with Gasteiger partial charge in [0.2, 0.25) is 0 Å². The van der Waals surface area contributed by atoms with E-state index in [2.05, 4.69) is 26.0 Å². The maximum absolute atomic E-state index is 5.93. The summed E-state index contributed by atoms with van der Waals surface area (Å²) >= 11 is 1.68. The van der Waals surface area contributed by atoms with Crippen LogP contribution >= 0.6 is 35.3 Å². The summed E-state index contributed by atoms with van der Waals surface area (Å²) in [5.41, 5.74) is 3.31. The topological polar surface area (TPSA) is 67.8 Å². The molecule has 31 heavy (non-hydrogen) atoms. The molecule has 0 radical (unpaired) electrons. The largest absolute Gasteiger partial charge is 0.493 e. The summed E-state index contributed by atoms with van der Waals surface area (Å²) in [5.74, 6) is 2.20. The molecule has 0 amide bonds. The third-order valence-corrected chi connectivity index (χ3v) is 5.31. The lowest BCUT2D eigenvalue weighted by atomic mass is 10.2. The van der Waals surface area contributed by atoms with Gasteiger partial charge < -0.3 is 20.1 Å². The van der Waals surface area contributed by atoms with E-state index in [1.54, 1.807) is 25.5 Å². The number of hydrogen-bond donors (Lipinski definition) is 2. The Kier molecular flexibility index (Phi) is 10.6. The Hall–Kier alpha value is -2.33. The van der Waals surface area contributed by atoms with Crippen molar-refractivity contribution in [1.82, 2.24) is 15.6 Å². The van der Waals surface area contributed by atoms with Crippen molar-refractivity contribution in [2.24, 2.45) is 4.99 Å². The van der Waals surface area contributed by atoms with E-state index in [-0.39, 0.29) is 24.0 Å². The molecule has 6 nitrogen and oxygen atoms in total. The molecule has 0 aliphatic heterocycles. The maximum atomic E-state index is 5.93. The normalized spacial score (nSPS) is 10.9. The zero-order chi connectivity index (χ0) is 21.2. The number of nitrogens with zero attached hydrogens (tertiary/aromatic N) is 2. The molecule has 0 fully saturated rings. The Morgan fingerprint density at radius 1 is 1.06 bits per heavy atom. The van der Waals surface area contributed by atoms with Gasteiger partial charge in [0.1, 0.15) is 6.61 Å². The molecule has 0 atom stereocenters. The van der Waals surface area contributed by atoms with Gasteiger partial charge in [-0.1, -0.05) is 36.4 Å². The molecule has 3 aromatic rings. The summed E-state index contributed by atoms with van der Waals surface area (Å²) in [5, 5.41) is 9.85. The molecule has 1 heterocycles. The lowest BCUT2D eigenvalue weighted by Gasteiger charge is -2.14. The molecule has 0 aliphatic carbocycles. The summed E-state index contributed by atoms with van der Waals surface area (Å²) < 4.78 is 11.4. The Balaban J connectivity index is 0.00000341. The van der Waals surface area contributed by atoms with Crippen molar-refractivity contribution in [3.63, 3.8) is 0 Å². The van der Waals surface area contributed by atoms with Crippen molar-refractivity contribution in [2.75, 3.05) is 20.7 Å². The number of nitrogens with one attached hydrogen (secondary N) is 2. The van der Waals surface area contributed by atoms with Gasteiger partial charge >= 0.3 is 0 Å². The number of rotatable bonds is 9. The van der Waals surface area contributed by atoms with Gasteiger partial charge in [0.15, 0.2) is 17.5 Å². The van der Waals surface area contributed by atoms with Crippen LogP contribution in [-0.2, 0) is 19.6 Å². The molecular weight excluding hydrogens is 523 g/mol. The second-order valence-corrected chi connectivity index (χ2v) is 7.78. The Morgan fingerprint density at radius 3 is 2.55 bits per heavy atom.